The Morgan fingerprint density at radius 3 is 1.60 bits per heavy atom. The Balaban J connectivity index is 0. The molecular formula is C5H13NO4. The minimum Gasteiger partial charge on any atom is -0.265 e. The molecular weight excluding hydrogens is 138 g/mol. The van der Waals surface area contributed by atoms with Crippen molar-refractivity contribution < 1.29 is 15.1 Å². The van der Waals surface area contributed by atoms with Gasteiger partial charge in [-0.05, 0) is 20.8 Å². The van der Waals surface area contributed by atoms with E-state index in [1.165, 1.54) is 0 Å². The molecule has 0 rings (SSSR count). The van der Waals surface area contributed by atoms with Crippen LogP contribution in [-0.2, 0) is 4.89 Å². The Kier molecular flexibility index (Phi) is 6.18. The smallest absolute Gasteiger partial charge is 0.194 e. The van der Waals surface area contributed by atoms with Gasteiger partial charge in [-0.25, -0.2) is 4.89 Å². The van der Waals surface area contributed by atoms with E-state index in [2.05, 4.69) is 4.89 Å². The average molecular weight is 151 g/mol. The Bertz CT molecular complexity index is 92.3. The lowest BCUT2D eigenvalue weighted by atomic mass is 10.2. The number of nitrogens with zero attached hydrogens (tertiary/aromatic N) is 1. The zero-order valence-corrected chi connectivity index (χ0v) is 6.62. The van der Waals surface area contributed by atoms with Crippen LogP contribution in [0.3, 0.4) is 0 Å². The highest BCUT2D eigenvalue weighted by atomic mass is 17.1. The van der Waals surface area contributed by atoms with Gasteiger partial charge in [-0.1, -0.05) is 0 Å². The van der Waals surface area contributed by atoms with Crippen molar-refractivity contribution in [3.05, 3.63) is 10.1 Å². The van der Waals surface area contributed by atoms with E-state index >= 15 is 0 Å². The third-order valence-corrected chi connectivity index (χ3v) is 0.274. The number of rotatable bonds is 0. The molecule has 0 fully saturated rings. The summed E-state index contributed by atoms with van der Waals surface area (Å²) in [6.45, 7) is 5.31. The lowest BCUT2D eigenvalue weighted by Crippen LogP contribution is -2.15. The van der Waals surface area contributed by atoms with Crippen LogP contribution in [0.2, 0.25) is 0 Å². The molecule has 0 aromatic carbocycles. The maximum Gasteiger partial charge on any atom is 0.194 e. The molecule has 0 unspecified atom stereocenters. The largest absolute Gasteiger partial charge is 0.265 e. The standard InChI is InChI=1S/C4H10O2.CH3NO2/c1-4(2,3)6-5;1-2(3)4/h5H,1-3H3;1H3. The monoisotopic (exact) mass is 151 g/mol. The van der Waals surface area contributed by atoms with Crippen LogP contribution in [0.4, 0.5) is 0 Å². The highest BCUT2D eigenvalue weighted by Gasteiger charge is 2.06. The van der Waals surface area contributed by atoms with Crippen molar-refractivity contribution in [2.75, 3.05) is 7.05 Å². The first kappa shape index (κ1) is 12.0. The highest BCUT2D eigenvalue weighted by molar-refractivity contribution is 4.53. The van der Waals surface area contributed by atoms with Gasteiger partial charge in [-0.2, -0.15) is 0 Å². The van der Waals surface area contributed by atoms with E-state index in [4.69, 9.17) is 15.4 Å². The highest BCUT2D eigenvalue weighted by Crippen LogP contribution is 2.01. The van der Waals surface area contributed by atoms with Crippen molar-refractivity contribution in [2.45, 2.75) is 26.4 Å². The molecule has 0 saturated carbocycles. The molecule has 62 valence electrons. The van der Waals surface area contributed by atoms with Gasteiger partial charge in [-0.15, -0.1) is 0 Å². The summed E-state index contributed by atoms with van der Waals surface area (Å²) < 4.78 is 0. The fraction of sp³-hybridized carbons (Fsp3) is 1.00. The van der Waals surface area contributed by atoms with Crippen molar-refractivity contribution in [3.8, 4) is 0 Å². The van der Waals surface area contributed by atoms with Gasteiger partial charge in [0.05, 0.1) is 5.60 Å². The molecule has 0 aromatic heterocycles. The number of nitro groups is 1. The molecule has 0 atom stereocenters. The van der Waals surface area contributed by atoms with Gasteiger partial charge in [0, 0.05) is 4.92 Å². The van der Waals surface area contributed by atoms with Gasteiger partial charge in [0.25, 0.3) is 0 Å². The summed E-state index contributed by atoms with van der Waals surface area (Å²) in [6.07, 6.45) is 0. The Hall–Kier alpha value is -0.680. The molecule has 1 N–H and O–H groups in total. The quantitative estimate of drug-likeness (QED) is 0.320. The van der Waals surface area contributed by atoms with Crippen LogP contribution in [0.1, 0.15) is 20.8 Å². The van der Waals surface area contributed by atoms with Crippen LogP contribution in [-0.4, -0.2) is 22.8 Å². The minimum absolute atomic E-state index is 0.403. The molecule has 0 radical (unpaired) electrons. The van der Waals surface area contributed by atoms with Crippen LogP contribution >= 0.6 is 0 Å². The Labute approximate surface area is 59.7 Å². The molecule has 0 amide bonds. The lowest BCUT2D eigenvalue weighted by Gasteiger charge is -2.10. The summed E-state index contributed by atoms with van der Waals surface area (Å²) in [5, 5.41) is 16.7. The second kappa shape index (κ2) is 5.13. The second-order valence-corrected chi connectivity index (χ2v) is 2.64. The zero-order valence-electron chi connectivity index (χ0n) is 6.62. The van der Waals surface area contributed by atoms with Crippen LogP contribution in [0, 0.1) is 10.1 Å². The number of hydrogen-bond acceptors (Lipinski definition) is 4. The van der Waals surface area contributed by atoms with Gasteiger partial charge in [0.1, 0.15) is 0 Å². The molecule has 0 heterocycles. The average Bonchev–Trinajstić information content (AvgIpc) is 1.63. The van der Waals surface area contributed by atoms with E-state index in [9.17, 15) is 0 Å². The van der Waals surface area contributed by atoms with Gasteiger partial charge < -0.3 is 0 Å². The molecule has 0 aliphatic rings. The van der Waals surface area contributed by atoms with E-state index < -0.39 is 10.5 Å². The van der Waals surface area contributed by atoms with Gasteiger partial charge in [0.15, 0.2) is 7.05 Å². The first-order valence-electron chi connectivity index (χ1n) is 2.70. The maximum atomic E-state index is 8.81. The molecule has 0 saturated heterocycles. The molecule has 0 aliphatic carbocycles. The Morgan fingerprint density at radius 1 is 1.50 bits per heavy atom. The predicted molar refractivity (Wildman–Crippen MR) is 36.4 cm³/mol. The number of hydrogen-bond donors (Lipinski definition) is 1. The van der Waals surface area contributed by atoms with Gasteiger partial charge in [-0.3, -0.25) is 15.4 Å². The summed E-state index contributed by atoms with van der Waals surface area (Å²) >= 11 is 0. The van der Waals surface area contributed by atoms with E-state index in [0.29, 0.717) is 0 Å². The van der Waals surface area contributed by atoms with Crippen molar-refractivity contribution in [2.24, 2.45) is 0 Å². The van der Waals surface area contributed by atoms with Crippen LogP contribution in [0.5, 0.6) is 0 Å². The minimum atomic E-state index is -0.500. The molecule has 0 aliphatic heterocycles. The first-order chi connectivity index (χ1) is 4.29. The van der Waals surface area contributed by atoms with E-state index in [-0.39, 0.29) is 0 Å². The zero-order chi connectivity index (χ0) is 8.78. The SMILES string of the molecule is CC(C)(C)OO.C[N+](=O)[O-]. The predicted octanol–water partition coefficient (Wildman–Crippen LogP) is 1.17. The topological polar surface area (TPSA) is 72.6 Å². The first-order valence-corrected chi connectivity index (χ1v) is 2.70. The molecule has 0 aromatic rings. The summed E-state index contributed by atoms with van der Waals surface area (Å²) in [6, 6.07) is 0. The van der Waals surface area contributed by atoms with Crippen molar-refractivity contribution in [3.63, 3.8) is 0 Å². The van der Waals surface area contributed by atoms with Crippen LogP contribution in [0.25, 0.3) is 0 Å². The summed E-state index contributed by atoms with van der Waals surface area (Å²) in [5.41, 5.74) is -0.403. The van der Waals surface area contributed by atoms with E-state index in [1.54, 1.807) is 20.8 Å². The molecule has 10 heavy (non-hydrogen) atoms. The second-order valence-electron chi connectivity index (χ2n) is 2.64. The van der Waals surface area contributed by atoms with Crippen molar-refractivity contribution >= 4 is 0 Å². The van der Waals surface area contributed by atoms with E-state index in [1.807, 2.05) is 0 Å². The summed E-state index contributed by atoms with van der Waals surface area (Å²) in [4.78, 5) is 12.2. The fourth-order valence-electron chi connectivity index (χ4n) is 0. The van der Waals surface area contributed by atoms with E-state index in [0.717, 1.165) is 7.05 Å². The van der Waals surface area contributed by atoms with Crippen LogP contribution in [0.15, 0.2) is 0 Å². The third kappa shape index (κ3) is 54.3. The molecule has 5 nitrogen and oxygen atoms in total. The maximum absolute atomic E-state index is 8.81. The summed E-state index contributed by atoms with van der Waals surface area (Å²) in [5.74, 6) is 0. The van der Waals surface area contributed by atoms with Crippen molar-refractivity contribution in [1.29, 1.82) is 0 Å². The van der Waals surface area contributed by atoms with Crippen LogP contribution < -0.4 is 0 Å². The third-order valence-electron chi connectivity index (χ3n) is 0.274. The lowest BCUT2D eigenvalue weighted by molar-refractivity contribution is -0.445. The fourth-order valence-corrected chi connectivity index (χ4v) is 0. The van der Waals surface area contributed by atoms with Gasteiger partial charge in [0.2, 0.25) is 0 Å². The normalized spacial score (nSPS) is 9.70. The Morgan fingerprint density at radius 2 is 1.60 bits per heavy atom. The van der Waals surface area contributed by atoms with Crippen molar-refractivity contribution in [1.82, 2.24) is 0 Å². The molecule has 5 heteroatoms. The molecule has 0 spiro atoms. The van der Waals surface area contributed by atoms with Gasteiger partial charge >= 0.3 is 0 Å². The molecule has 0 bridgehead atoms. The summed E-state index contributed by atoms with van der Waals surface area (Å²) in [7, 11) is 0.889.